The molecule has 2 aromatic rings. The summed E-state index contributed by atoms with van der Waals surface area (Å²) < 4.78 is 1.16. The van der Waals surface area contributed by atoms with E-state index in [2.05, 4.69) is 58.6 Å². The van der Waals surface area contributed by atoms with Gasteiger partial charge in [-0.15, -0.1) is 22.9 Å². The number of thiophene rings is 1. The molecular weight excluding hydrogens is 316 g/mol. The number of halogens is 2. The molecule has 0 bridgehead atoms. The van der Waals surface area contributed by atoms with Gasteiger partial charge in [-0.25, -0.2) is 0 Å². The lowest BCUT2D eigenvalue weighted by Gasteiger charge is -2.13. The van der Waals surface area contributed by atoms with Crippen molar-refractivity contribution in [3.8, 4) is 0 Å². The highest BCUT2D eigenvalue weighted by Crippen LogP contribution is 2.28. The fraction of sp³-hybridized carbons (Fsp3) is 0.286. The molecule has 0 aliphatic carbocycles. The van der Waals surface area contributed by atoms with Crippen LogP contribution in [0.15, 0.2) is 40.2 Å². The Bertz CT molecular complexity index is 492. The van der Waals surface area contributed by atoms with Crippen molar-refractivity contribution in [1.29, 1.82) is 0 Å². The average Bonchev–Trinajstić information content (AvgIpc) is 2.72. The smallest absolute Gasteiger partial charge is 0.0295 e. The predicted molar refractivity (Wildman–Crippen MR) is 80.4 cm³/mol. The minimum Gasteiger partial charge on any atom is -0.148 e. The first-order valence-electron chi connectivity index (χ1n) is 5.54. The van der Waals surface area contributed by atoms with E-state index in [1.165, 1.54) is 16.0 Å². The first kappa shape index (κ1) is 13.1. The number of benzene rings is 1. The van der Waals surface area contributed by atoms with Gasteiger partial charge in [0.2, 0.25) is 0 Å². The summed E-state index contributed by atoms with van der Waals surface area (Å²) >= 11 is 11.4. The zero-order valence-corrected chi connectivity index (χ0v) is 12.8. The zero-order valence-electron chi connectivity index (χ0n) is 9.62. The Balaban J connectivity index is 2.16. The van der Waals surface area contributed by atoms with Crippen molar-refractivity contribution >= 4 is 38.9 Å². The molecule has 0 fully saturated rings. The molecule has 0 saturated carbocycles. The summed E-state index contributed by atoms with van der Waals surface area (Å²) in [5.41, 5.74) is 2.63. The van der Waals surface area contributed by atoms with Crippen molar-refractivity contribution in [1.82, 2.24) is 0 Å². The summed E-state index contributed by atoms with van der Waals surface area (Å²) in [4.78, 5) is 1.38. The van der Waals surface area contributed by atoms with E-state index in [-0.39, 0.29) is 0 Å². The molecule has 0 saturated heterocycles. The molecule has 0 radical (unpaired) electrons. The number of aryl methyl sites for hydroxylation is 1. The molecule has 1 heterocycles. The van der Waals surface area contributed by atoms with E-state index in [4.69, 9.17) is 11.6 Å². The van der Waals surface area contributed by atoms with Gasteiger partial charge >= 0.3 is 0 Å². The topological polar surface area (TPSA) is 0 Å². The van der Waals surface area contributed by atoms with Crippen LogP contribution < -0.4 is 0 Å². The highest BCUT2D eigenvalue weighted by atomic mass is 79.9. The van der Waals surface area contributed by atoms with Crippen molar-refractivity contribution in [3.63, 3.8) is 0 Å². The van der Waals surface area contributed by atoms with Gasteiger partial charge in [-0.05, 0) is 40.9 Å². The Labute approximate surface area is 120 Å². The largest absolute Gasteiger partial charge is 0.148 e. The SMILES string of the molecule is Cc1cccc(C(CCl)Cc2cc(Br)cs2)c1. The van der Waals surface area contributed by atoms with Gasteiger partial charge in [-0.3, -0.25) is 0 Å². The third-order valence-electron chi connectivity index (χ3n) is 2.77. The molecule has 17 heavy (non-hydrogen) atoms. The van der Waals surface area contributed by atoms with Crippen molar-refractivity contribution in [2.24, 2.45) is 0 Å². The zero-order chi connectivity index (χ0) is 12.3. The van der Waals surface area contributed by atoms with Crippen LogP contribution in [-0.4, -0.2) is 5.88 Å². The van der Waals surface area contributed by atoms with E-state index in [0.717, 1.165) is 10.9 Å². The number of alkyl halides is 1. The van der Waals surface area contributed by atoms with Crippen LogP contribution in [0.4, 0.5) is 0 Å². The van der Waals surface area contributed by atoms with Gasteiger partial charge in [0.05, 0.1) is 0 Å². The Morgan fingerprint density at radius 3 is 2.76 bits per heavy atom. The Morgan fingerprint density at radius 2 is 2.18 bits per heavy atom. The Hall–Kier alpha value is -0.310. The first-order valence-corrected chi connectivity index (χ1v) is 7.75. The van der Waals surface area contributed by atoms with Crippen LogP contribution in [0.1, 0.15) is 21.9 Å². The number of hydrogen-bond donors (Lipinski definition) is 0. The maximum absolute atomic E-state index is 6.10. The summed E-state index contributed by atoms with van der Waals surface area (Å²) in [7, 11) is 0. The second-order valence-electron chi connectivity index (χ2n) is 4.20. The average molecular weight is 330 g/mol. The molecule has 0 spiro atoms. The van der Waals surface area contributed by atoms with Gasteiger partial charge in [0.1, 0.15) is 0 Å². The lowest BCUT2D eigenvalue weighted by Crippen LogP contribution is -2.03. The van der Waals surface area contributed by atoms with E-state index in [9.17, 15) is 0 Å². The lowest BCUT2D eigenvalue weighted by molar-refractivity contribution is 0.775. The predicted octanol–water partition coefficient (Wildman–Crippen LogP) is 5.38. The maximum Gasteiger partial charge on any atom is 0.0295 e. The summed E-state index contributed by atoms with van der Waals surface area (Å²) in [5, 5.41) is 2.12. The Morgan fingerprint density at radius 1 is 1.35 bits per heavy atom. The molecule has 1 unspecified atom stereocenters. The minimum absolute atomic E-state index is 0.405. The number of rotatable bonds is 4. The van der Waals surface area contributed by atoms with E-state index in [0.29, 0.717) is 11.8 Å². The van der Waals surface area contributed by atoms with Gasteiger partial charge in [0, 0.05) is 26.5 Å². The molecule has 3 heteroatoms. The Kier molecular flexibility index (Phi) is 4.66. The monoisotopic (exact) mass is 328 g/mol. The molecule has 0 aliphatic heterocycles. The van der Waals surface area contributed by atoms with E-state index in [1.807, 2.05) is 0 Å². The number of hydrogen-bond acceptors (Lipinski definition) is 1. The van der Waals surface area contributed by atoms with Gasteiger partial charge in [-0.1, -0.05) is 29.8 Å². The van der Waals surface area contributed by atoms with Crippen LogP contribution in [0, 0.1) is 6.92 Å². The third kappa shape index (κ3) is 3.57. The minimum atomic E-state index is 0.405. The highest BCUT2D eigenvalue weighted by Gasteiger charge is 2.12. The van der Waals surface area contributed by atoms with E-state index < -0.39 is 0 Å². The molecule has 90 valence electrons. The quantitative estimate of drug-likeness (QED) is 0.660. The van der Waals surface area contributed by atoms with Crippen LogP contribution in [0.5, 0.6) is 0 Å². The van der Waals surface area contributed by atoms with Crippen LogP contribution in [-0.2, 0) is 6.42 Å². The molecule has 0 nitrogen and oxygen atoms in total. The molecule has 0 amide bonds. The van der Waals surface area contributed by atoms with Crippen molar-refractivity contribution in [2.45, 2.75) is 19.3 Å². The second kappa shape index (κ2) is 6.03. The summed E-state index contributed by atoms with van der Waals surface area (Å²) in [6, 6.07) is 10.8. The van der Waals surface area contributed by atoms with Crippen molar-refractivity contribution in [3.05, 3.63) is 56.2 Å². The van der Waals surface area contributed by atoms with Crippen LogP contribution in [0.2, 0.25) is 0 Å². The fourth-order valence-electron chi connectivity index (χ4n) is 1.89. The molecule has 0 aliphatic rings. The molecule has 0 N–H and O–H groups in total. The molecular formula is C14H14BrClS. The second-order valence-corrected chi connectivity index (χ2v) is 6.42. The van der Waals surface area contributed by atoms with Crippen molar-refractivity contribution < 1.29 is 0 Å². The van der Waals surface area contributed by atoms with Crippen LogP contribution in [0.3, 0.4) is 0 Å². The first-order chi connectivity index (χ1) is 8.19. The third-order valence-corrected chi connectivity index (χ3v) is 4.86. The molecule has 1 aromatic carbocycles. The maximum atomic E-state index is 6.10. The van der Waals surface area contributed by atoms with Gasteiger partial charge in [-0.2, -0.15) is 0 Å². The summed E-state index contributed by atoms with van der Waals surface area (Å²) in [6.45, 7) is 2.12. The van der Waals surface area contributed by atoms with E-state index >= 15 is 0 Å². The highest BCUT2D eigenvalue weighted by molar-refractivity contribution is 9.10. The van der Waals surface area contributed by atoms with Crippen LogP contribution in [0.25, 0.3) is 0 Å². The molecule has 1 aromatic heterocycles. The van der Waals surface area contributed by atoms with Gasteiger partial charge in [0.15, 0.2) is 0 Å². The van der Waals surface area contributed by atoms with Gasteiger partial charge < -0.3 is 0 Å². The molecule has 2 rings (SSSR count). The lowest BCUT2D eigenvalue weighted by atomic mass is 9.95. The van der Waals surface area contributed by atoms with Crippen molar-refractivity contribution in [2.75, 3.05) is 5.88 Å². The molecule has 1 atom stereocenters. The summed E-state index contributed by atoms with van der Waals surface area (Å²) in [5.74, 6) is 1.07. The van der Waals surface area contributed by atoms with Gasteiger partial charge in [0.25, 0.3) is 0 Å². The normalized spacial score (nSPS) is 12.6. The fourth-order valence-corrected chi connectivity index (χ4v) is 3.71. The van der Waals surface area contributed by atoms with Crippen LogP contribution >= 0.6 is 38.9 Å². The summed E-state index contributed by atoms with van der Waals surface area (Å²) in [6.07, 6.45) is 1.02. The van der Waals surface area contributed by atoms with E-state index in [1.54, 1.807) is 11.3 Å². The standard InChI is InChI=1S/C14H14BrClS/c1-10-3-2-4-11(5-10)12(8-16)6-14-7-13(15)9-17-14/h2-5,7,9,12H,6,8H2,1H3.